The molecule has 2 aromatic rings. The van der Waals surface area contributed by atoms with Crippen molar-refractivity contribution in [1.82, 2.24) is 15.0 Å². The van der Waals surface area contributed by atoms with Crippen LogP contribution in [0.2, 0.25) is 0 Å². The molecule has 0 unspecified atom stereocenters. The minimum absolute atomic E-state index is 0.947. The maximum Gasteiger partial charge on any atom is 0.122 e. The molecule has 0 saturated heterocycles. The zero-order valence-corrected chi connectivity index (χ0v) is 6.88. The summed E-state index contributed by atoms with van der Waals surface area (Å²) >= 11 is 1.67. The molecular formula is C7H7N3S. The monoisotopic (exact) mass is 165 g/mol. The first-order chi connectivity index (χ1) is 5.36. The second-order valence-corrected chi connectivity index (χ2v) is 3.20. The van der Waals surface area contributed by atoms with Crippen molar-refractivity contribution >= 4 is 11.3 Å². The van der Waals surface area contributed by atoms with Gasteiger partial charge in [0.25, 0.3) is 0 Å². The van der Waals surface area contributed by atoms with E-state index in [4.69, 9.17) is 0 Å². The number of thiophene rings is 1. The van der Waals surface area contributed by atoms with E-state index >= 15 is 0 Å². The van der Waals surface area contributed by atoms with Crippen molar-refractivity contribution < 1.29 is 0 Å². The average molecular weight is 165 g/mol. The number of aromatic nitrogens is 3. The number of nitrogens with zero attached hydrogens (tertiary/aromatic N) is 3. The minimum Gasteiger partial charge on any atom is -0.255 e. The Balaban J connectivity index is 2.45. The van der Waals surface area contributed by atoms with Crippen LogP contribution >= 0.6 is 11.3 Å². The zero-order valence-electron chi connectivity index (χ0n) is 6.06. The quantitative estimate of drug-likeness (QED) is 0.641. The summed E-state index contributed by atoms with van der Waals surface area (Å²) in [5.74, 6) is 0. The molecule has 0 amide bonds. The van der Waals surface area contributed by atoms with Gasteiger partial charge in [-0.05, 0) is 11.4 Å². The maximum absolute atomic E-state index is 3.98. The highest BCUT2D eigenvalue weighted by Crippen LogP contribution is 2.20. The molecule has 0 saturated carbocycles. The molecule has 0 aliphatic heterocycles. The molecule has 0 fully saturated rings. The van der Waals surface area contributed by atoms with E-state index in [1.807, 2.05) is 30.8 Å². The molecule has 2 rings (SSSR count). The molecule has 0 radical (unpaired) electrons. The van der Waals surface area contributed by atoms with Gasteiger partial charge in [-0.2, -0.15) is 0 Å². The van der Waals surface area contributed by atoms with Gasteiger partial charge in [-0.15, -0.1) is 16.4 Å². The fraction of sp³-hybridized carbons (Fsp3) is 0.143. The van der Waals surface area contributed by atoms with E-state index in [9.17, 15) is 0 Å². The second kappa shape index (κ2) is 2.47. The van der Waals surface area contributed by atoms with E-state index in [2.05, 4.69) is 10.3 Å². The van der Waals surface area contributed by atoms with Gasteiger partial charge in [0.1, 0.15) is 5.69 Å². The molecule has 56 valence electrons. The Bertz CT molecular complexity index is 336. The molecule has 11 heavy (non-hydrogen) atoms. The van der Waals surface area contributed by atoms with E-state index in [-0.39, 0.29) is 0 Å². The highest BCUT2D eigenvalue weighted by Gasteiger charge is 2.00. The first-order valence-electron chi connectivity index (χ1n) is 3.26. The fourth-order valence-electron chi connectivity index (χ4n) is 0.885. The molecule has 3 nitrogen and oxygen atoms in total. The Kier molecular flexibility index (Phi) is 1.47. The molecule has 2 heterocycles. The molecule has 0 aliphatic carbocycles. The lowest BCUT2D eigenvalue weighted by Crippen LogP contribution is -1.85. The third kappa shape index (κ3) is 1.17. The Morgan fingerprint density at radius 1 is 1.55 bits per heavy atom. The number of hydrogen-bond donors (Lipinski definition) is 0. The topological polar surface area (TPSA) is 30.7 Å². The summed E-state index contributed by atoms with van der Waals surface area (Å²) in [5, 5.41) is 9.86. The number of aryl methyl sites for hydroxylation is 1. The lowest BCUT2D eigenvalue weighted by molar-refractivity contribution is 0.715. The van der Waals surface area contributed by atoms with Crippen molar-refractivity contribution in [3.63, 3.8) is 0 Å². The highest BCUT2D eigenvalue weighted by molar-refractivity contribution is 7.13. The van der Waals surface area contributed by atoms with E-state index in [0.717, 1.165) is 10.6 Å². The standard InChI is InChI=1S/C7H7N3S/c1-10-5-6(8-9-10)7-3-2-4-11-7/h2-5H,1H3. The van der Waals surface area contributed by atoms with Crippen molar-refractivity contribution in [2.75, 3.05) is 0 Å². The van der Waals surface area contributed by atoms with Gasteiger partial charge in [-0.3, -0.25) is 4.68 Å². The Hall–Kier alpha value is -1.16. The lowest BCUT2D eigenvalue weighted by Gasteiger charge is -1.83. The Labute approximate surface area is 68.3 Å². The predicted octanol–water partition coefficient (Wildman–Crippen LogP) is 1.54. The van der Waals surface area contributed by atoms with Gasteiger partial charge in [0.15, 0.2) is 0 Å². The summed E-state index contributed by atoms with van der Waals surface area (Å²) < 4.78 is 1.70. The molecular weight excluding hydrogens is 158 g/mol. The minimum atomic E-state index is 0.947. The van der Waals surface area contributed by atoms with Crippen LogP contribution in [0.1, 0.15) is 0 Å². The first kappa shape index (κ1) is 6.54. The summed E-state index contributed by atoms with van der Waals surface area (Å²) in [7, 11) is 1.87. The van der Waals surface area contributed by atoms with Crippen LogP contribution in [-0.4, -0.2) is 15.0 Å². The van der Waals surface area contributed by atoms with E-state index < -0.39 is 0 Å². The summed E-state index contributed by atoms with van der Waals surface area (Å²) in [6.45, 7) is 0. The molecule has 0 bridgehead atoms. The van der Waals surface area contributed by atoms with Gasteiger partial charge in [0.2, 0.25) is 0 Å². The molecule has 4 heteroatoms. The molecule has 0 aromatic carbocycles. The van der Waals surface area contributed by atoms with E-state index in [1.54, 1.807) is 16.0 Å². The Morgan fingerprint density at radius 2 is 2.45 bits per heavy atom. The zero-order chi connectivity index (χ0) is 7.68. The molecule has 2 aromatic heterocycles. The van der Waals surface area contributed by atoms with Crippen molar-refractivity contribution in [1.29, 1.82) is 0 Å². The summed E-state index contributed by atoms with van der Waals surface area (Å²) in [4.78, 5) is 1.16. The van der Waals surface area contributed by atoms with Gasteiger partial charge < -0.3 is 0 Å². The van der Waals surface area contributed by atoms with Crippen molar-refractivity contribution in [3.05, 3.63) is 23.7 Å². The molecule has 0 N–H and O–H groups in total. The number of hydrogen-bond acceptors (Lipinski definition) is 3. The average Bonchev–Trinajstić information content (AvgIpc) is 2.55. The first-order valence-corrected chi connectivity index (χ1v) is 4.14. The highest BCUT2D eigenvalue weighted by atomic mass is 32.1. The van der Waals surface area contributed by atoms with Crippen LogP contribution in [0.25, 0.3) is 10.6 Å². The van der Waals surface area contributed by atoms with Gasteiger partial charge in [-0.1, -0.05) is 11.3 Å². The van der Waals surface area contributed by atoms with E-state index in [1.165, 1.54) is 0 Å². The normalized spacial score (nSPS) is 10.3. The van der Waals surface area contributed by atoms with Crippen LogP contribution in [0, 0.1) is 0 Å². The molecule has 0 spiro atoms. The van der Waals surface area contributed by atoms with E-state index in [0.29, 0.717) is 0 Å². The van der Waals surface area contributed by atoms with Crippen LogP contribution < -0.4 is 0 Å². The SMILES string of the molecule is Cn1cc(-c2cccs2)nn1. The van der Waals surface area contributed by atoms with Gasteiger partial charge in [0.05, 0.1) is 11.1 Å². The van der Waals surface area contributed by atoms with Crippen LogP contribution in [0.5, 0.6) is 0 Å². The van der Waals surface area contributed by atoms with Gasteiger partial charge in [-0.25, -0.2) is 0 Å². The Morgan fingerprint density at radius 3 is 3.00 bits per heavy atom. The summed E-state index contributed by atoms with van der Waals surface area (Å²) in [6.07, 6.45) is 1.91. The fourth-order valence-corrected chi connectivity index (χ4v) is 1.56. The molecule has 0 atom stereocenters. The van der Waals surface area contributed by atoms with Crippen molar-refractivity contribution in [2.45, 2.75) is 0 Å². The number of rotatable bonds is 1. The summed E-state index contributed by atoms with van der Waals surface area (Å²) in [6, 6.07) is 4.04. The largest absolute Gasteiger partial charge is 0.255 e. The van der Waals surface area contributed by atoms with Crippen LogP contribution in [0.15, 0.2) is 23.7 Å². The smallest absolute Gasteiger partial charge is 0.122 e. The van der Waals surface area contributed by atoms with Crippen LogP contribution in [0.3, 0.4) is 0 Å². The third-order valence-corrected chi connectivity index (χ3v) is 2.27. The molecule has 0 aliphatic rings. The van der Waals surface area contributed by atoms with Crippen LogP contribution in [0.4, 0.5) is 0 Å². The van der Waals surface area contributed by atoms with Crippen molar-refractivity contribution in [2.24, 2.45) is 7.05 Å². The van der Waals surface area contributed by atoms with Crippen LogP contribution in [-0.2, 0) is 7.05 Å². The van der Waals surface area contributed by atoms with Crippen molar-refractivity contribution in [3.8, 4) is 10.6 Å². The maximum atomic E-state index is 3.98. The predicted molar refractivity (Wildman–Crippen MR) is 44.3 cm³/mol. The lowest BCUT2D eigenvalue weighted by atomic mass is 10.4. The summed E-state index contributed by atoms with van der Waals surface area (Å²) in [5.41, 5.74) is 0.947. The second-order valence-electron chi connectivity index (χ2n) is 2.25. The third-order valence-electron chi connectivity index (χ3n) is 1.38. The van der Waals surface area contributed by atoms with Gasteiger partial charge in [0, 0.05) is 7.05 Å². The van der Waals surface area contributed by atoms with Gasteiger partial charge >= 0.3 is 0 Å².